The summed E-state index contributed by atoms with van der Waals surface area (Å²) in [6.45, 7) is 3.32. The van der Waals surface area contributed by atoms with Gasteiger partial charge in [0.25, 0.3) is 10.0 Å². The summed E-state index contributed by atoms with van der Waals surface area (Å²) in [6.07, 6.45) is 1.50. The van der Waals surface area contributed by atoms with Gasteiger partial charge in [-0.3, -0.25) is 4.72 Å². The number of nitrogens with one attached hydrogen (secondary N) is 1. The van der Waals surface area contributed by atoms with Crippen molar-refractivity contribution in [2.45, 2.75) is 18.7 Å². The molecule has 0 aliphatic rings. The molecule has 5 nitrogen and oxygen atoms in total. The van der Waals surface area contributed by atoms with Crippen molar-refractivity contribution in [2.75, 3.05) is 10.5 Å². The van der Waals surface area contributed by atoms with Gasteiger partial charge < -0.3 is 5.73 Å². The van der Waals surface area contributed by atoms with Gasteiger partial charge in [0.2, 0.25) is 0 Å². The Morgan fingerprint density at radius 2 is 1.95 bits per heavy atom. The number of nitrogen functional groups attached to an aromatic ring is 1. The second kappa shape index (κ2) is 5.09. The first kappa shape index (κ1) is 14.3. The second-order valence-corrected chi connectivity index (χ2v) is 6.11. The predicted molar refractivity (Wildman–Crippen MR) is 75.3 cm³/mol. The molecule has 2 aromatic rings. The van der Waals surface area contributed by atoms with Crippen molar-refractivity contribution in [2.24, 2.45) is 0 Å². The molecule has 20 heavy (non-hydrogen) atoms. The van der Waals surface area contributed by atoms with Crippen LogP contribution in [0.5, 0.6) is 0 Å². The number of nitrogens with zero attached hydrogens (tertiary/aromatic N) is 1. The van der Waals surface area contributed by atoms with Crippen LogP contribution in [0.25, 0.3) is 0 Å². The summed E-state index contributed by atoms with van der Waals surface area (Å²) in [5.41, 5.74) is 6.35. The van der Waals surface area contributed by atoms with Crippen LogP contribution >= 0.6 is 0 Å². The average Bonchev–Trinajstić information content (AvgIpc) is 2.33. The molecule has 1 aromatic carbocycles. The van der Waals surface area contributed by atoms with E-state index in [9.17, 15) is 12.8 Å². The van der Waals surface area contributed by atoms with E-state index in [1.54, 1.807) is 12.1 Å². The molecular formula is C13H14FN3O2S. The van der Waals surface area contributed by atoms with Gasteiger partial charge in [-0.2, -0.15) is 0 Å². The number of aryl methyl sites for hydroxylation is 2. The summed E-state index contributed by atoms with van der Waals surface area (Å²) < 4.78 is 40.2. The van der Waals surface area contributed by atoms with Gasteiger partial charge in [0.15, 0.2) is 0 Å². The fourth-order valence-electron chi connectivity index (χ4n) is 1.74. The highest BCUT2D eigenvalue weighted by atomic mass is 32.2. The zero-order valence-electron chi connectivity index (χ0n) is 11.0. The third-order valence-corrected chi connectivity index (χ3v) is 4.23. The number of nitrogens with two attached hydrogens (primary N) is 1. The molecule has 0 bridgehead atoms. The van der Waals surface area contributed by atoms with Crippen molar-refractivity contribution < 1.29 is 12.8 Å². The summed E-state index contributed by atoms with van der Waals surface area (Å²) in [5, 5.41) is 0. The number of sulfonamides is 1. The van der Waals surface area contributed by atoms with E-state index in [1.807, 2.05) is 6.92 Å². The lowest BCUT2D eigenvalue weighted by Crippen LogP contribution is -2.16. The molecule has 0 unspecified atom stereocenters. The van der Waals surface area contributed by atoms with E-state index < -0.39 is 15.8 Å². The Bertz CT molecular complexity index is 760. The molecule has 1 aromatic heterocycles. The quantitative estimate of drug-likeness (QED) is 0.850. The Morgan fingerprint density at radius 1 is 1.25 bits per heavy atom. The van der Waals surface area contributed by atoms with E-state index in [0.29, 0.717) is 0 Å². The fourth-order valence-corrected chi connectivity index (χ4v) is 3.00. The lowest BCUT2D eigenvalue weighted by atomic mass is 10.2. The van der Waals surface area contributed by atoms with E-state index in [0.717, 1.165) is 17.7 Å². The monoisotopic (exact) mass is 295 g/mol. The van der Waals surface area contributed by atoms with Gasteiger partial charge in [-0.15, -0.1) is 0 Å². The summed E-state index contributed by atoms with van der Waals surface area (Å²) >= 11 is 0. The number of pyridine rings is 1. The predicted octanol–water partition coefficient (Wildman–Crippen LogP) is 2.22. The third kappa shape index (κ3) is 2.88. The summed E-state index contributed by atoms with van der Waals surface area (Å²) in [4.78, 5) is 3.85. The minimum absolute atomic E-state index is 0.0697. The molecule has 0 fully saturated rings. The molecule has 0 aliphatic heterocycles. The number of aromatic nitrogens is 1. The maximum absolute atomic E-state index is 13.3. The van der Waals surface area contributed by atoms with Gasteiger partial charge in [0.05, 0.1) is 10.6 Å². The number of hydrogen-bond donors (Lipinski definition) is 2. The summed E-state index contributed by atoms with van der Waals surface area (Å²) in [7, 11) is -3.86. The van der Waals surface area contributed by atoms with Crippen LogP contribution in [0.1, 0.15) is 11.1 Å². The standard InChI is InChI=1S/C13H14FN3O2S/c1-8-3-4-16-13(5-8)17-20(18,19)12-7-11(15)10(14)6-9(12)2/h3-7H,15H2,1-2H3,(H,16,17). The molecule has 1 heterocycles. The topological polar surface area (TPSA) is 85.1 Å². The third-order valence-electron chi connectivity index (χ3n) is 2.74. The SMILES string of the molecule is Cc1ccnc(NS(=O)(=O)c2cc(N)c(F)cc2C)c1. The Hall–Kier alpha value is -2.15. The molecule has 7 heteroatoms. The van der Waals surface area contributed by atoms with Gasteiger partial charge in [0, 0.05) is 6.20 Å². The second-order valence-electron chi connectivity index (χ2n) is 4.46. The first-order valence-corrected chi connectivity index (χ1v) is 7.29. The Kier molecular flexibility index (Phi) is 3.63. The largest absolute Gasteiger partial charge is 0.396 e. The van der Waals surface area contributed by atoms with Gasteiger partial charge in [-0.25, -0.2) is 17.8 Å². The molecule has 0 atom stereocenters. The fraction of sp³-hybridized carbons (Fsp3) is 0.154. The molecule has 0 aliphatic carbocycles. The lowest BCUT2D eigenvalue weighted by molar-refractivity contribution is 0.599. The van der Waals surface area contributed by atoms with Crippen molar-refractivity contribution in [3.63, 3.8) is 0 Å². The normalized spacial score (nSPS) is 11.3. The van der Waals surface area contributed by atoms with Crippen LogP contribution in [0.4, 0.5) is 15.9 Å². The molecule has 0 saturated carbocycles. The molecule has 0 radical (unpaired) electrons. The van der Waals surface area contributed by atoms with Crippen LogP contribution in [0.2, 0.25) is 0 Å². The number of anilines is 2. The molecule has 2 rings (SSSR count). The maximum atomic E-state index is 13.3. The molecular weight excluding hydrogens is 281 g/mol. The first-order valence-electron chi connectivity index (χ1n) is 5.81. The van der Waals surface area contributed by atoms with Crippen LogP contribution in [0, 0.1) is 19.7 Å². The Labute approximate surface area is 116 Å². The van der Waals surface area contributed by atoms with Gasteiger partial charge in [-0.1, -0.05) is 0 Å². The highest BCUT2D eigenvalue weighted by molar-refractivity contribution is 7.92. The first-order chi connectivity index (χ1) is 9.29. The lowest BCUT2D eigenvalue weighted by Gasteiger charge is -2.11. The molecule has 0 saturated heterocycles. The van der Waals surface area contributed by atoms with E-state index in [4.69, 9.17) is 5.73 Å². The molecule has 0 spiro atoms. The maximum Gasteiger partial charge on any atom is 0.263 e. The minimum atomic E-state index is -3.86. The molecule has 0 amide bonds. The van der Waals surface area contributed by atoms with E-state index in [-0.39, 0.29) is 22.0 Å². The van der Waals surface area contributed by atoms with Crippen molar-refractivity contribution >= 4 is 21.5 Å². The number of hydrogen-bond acceptors (Lipinski definition) is 4. The van der Waals surface area contributed by atoms with Crippen molar-refractivity contribution in [3.05, 3.63) is 47.4 Å². The van der Waals surface area contributed by atoms with Crippen LogP contribution < -0.4 is 10.5 Å². The average molecular weight is 295 g/mol. The van der Waals surface area contributed by atoms with Gasteiger partial charge in [-0.05, 0) is 49.2 Å². The van der Waals surface area contributed by atoms with Crippen molar-refractivity contribution in [1.29, 1.82) is 0 Å². The van der Waals surface area contributed by atoms with Gasteiger partial charge >= 0.3 is 0 Å². The summed E-state index contributed by atoms with van der Waals surface area (Å²) in [6, 6.07) is 5.54. The Morgan fingerprint density at radius 3 is 2.60 bits per heavy atom. The minimum Gasteiger partial charge on any atom is -0.396 e. The van der Waals surface area contributed by atoms with E-state index >= 15 is 0 Å². The summed E-state index contributed by atoms with van der Waals surface area (Å²) in [5.74, 6) is -0.442. The Balaban J connectivity index is 2.43. The number of rotatable bonds is 3. The number of benzene rings is 1. The van der Waals surface area contributed by atoms with Crippen LogP contribution in [0.3, 0.4) is 0 Å². The number of halogens is 1. The van der Waals surface area contributed by atoms with E-state index in [1.165, 1.54) is 13.1 Å². The highest BCUT2D eigenvalue weighted by Crippen LogP contribution is 2.23. The zero-order valence-corrected chi connectivity index (χ0v) is 11.8. The smallest absolute Gasteiger partial charge is 0.263 e. The van der Waals surface area contributed by atoms with Crippen molar-refractivity contribution in [1.82, 2.24) is 4.98 Å². The van der Waals surface area contributed by atoms with Crippen LogP contribution in [0.15, 0.2) is 35.4 Å². The van der Waals surface area contributed by atoms with Gasteiger partial charge in [0.1, 0.15) is 11.6 Å². The highest BCUT2D eigenvalue weighted by Gasteiger charge is 2.19. The van der Waals surface area contributed by atoms with Crippen LogP contribution in [-0.2, 0) is 10.0 Å². The van der Waals surface area contributed by atoms with Crippen molar-refractivity contribution in [3.8, 4) is 0 Å². The molecule has 106 valence electrons. The van der Waals surface area contributed by atoms with Crippen LogP contribution in [-0.4, -0.2) is 13.4 Å². The van der Waals surface area contributed by atoms with E-state index in [2.05, 4.69) is 9.71 Å². The zero-order chi connectivity index (χ0) is 14.9. The molecule has 3 N–H and O–H groups in total.